The van der Waals surface area contributed by atoms with Gasteiger partial charge in [0.2, 0.25) is 5.88 Å². The first-order valence-electron chi connectivity index (χ1n) is 8.28. The van der Waals surface area contributed by atoms with Gasteiger partial charge in [-0.2, -0.15) is 13.7 Å². The fraction of sp³-hybridized carbons (Fsp3) is 0.353. The molecular formula is C17H17N5O3S. The number of amides is 1. The van der Waals surface area contributed by atoms with Crippen LogP contribution in [0.2, 0.25) is 0 Å². The minimum Gasteiger partial charge on any atom is -0.472 e. The summed E-state index contributed by atoms with van der Waals surface area (Å²) in [6, 6.07) is 7.37. The van der Waals surface area contributed by atoms with Crippen molar-refractivity contribution >= 4 is 28.7 Å². The Morgan fingerprint density at radius 3 is 3.04 bits per heavy atom. The molecule has 0 spiro atoms. The molecule has 3 heterocycles. The van der Waals surface area contributed by atoms with Crippen molar-refractivity contribution in [2.75, 3.05) is 20.2 Å². The molecule has 134 valence electrons. The SMILES string of the molecule is COc1nccc(OC2CCCN(C(=O)c3ccc4nsnc4c3)C2)n1. The summed E-state index contributed by atoms with van der Waals surface area (Å²) in [7, 11) is 1.51. The van der Waals surface area contributed by atoms with Crippen molar-refractivity contribution in [3.8, 4) is 11.9 Å². The van der Waals surface area contributed by atoms with E-state index in [2.05, 4.69) is 18.7 Å². The molecule has 1 aromatic carbocycles. The maximum absolute atomic E-state index is 12.8. The predicted octanol–water partition coefficient (Wildman–Crippen LogP) is 2.17. The topological polar surface area (TPSA) is 90.3 Å². The summed E-state index contributed by atoms with van der Waals surface area (Å²) >= 11 is 1.15. The molecule has 9 heteroatoms. The third-order valence-electron chi connectivity index (χ3n) is 4.24. The number of carbonyl (C=O) groups excluding carboxylic acids is 1. The molecule has 1 aliphatic rings. The first-order valence-corrected chi connectivity index (χ1v) is 9.01. The number of rotatable bonds is 4. The lowest BCUT2D eigenvalue weighted by Crippen LogP contribution is -2.44. The average Bonchev–Trinajstić information content (AvgIpc) is 3.15. The van der Waals surface area contributed by atoms with Crippen LogP contribution < -0.4 is 9.47 Å². The number of nitrogens with zero attached hydrogens (tertiary/aromatic N) is 5. The van der Waals surface area contributed by atoms with E-state index in [9.17, 15) is 4.79 Å². The van der Waals surface area contributed by atoms with Crippen LogP contribution in [0, 0.1) is 0 Å². The lowest BCUT2D eigenvalue weighted by Gasteiger charge is -2.32. The molecule has 1 aliphatic heterocycles. The van der Waals surface area contributed by atoms with E-state index in [-0.39, 0.29) is 18.0 Å². The van der Waals surface area contributed by atoms with Gasteiger partial charge in [-0.1, -0.05) is 0 Å². The van der Waals surface area contributed by atoms with Gasteiger partial charge >= 0.3 is 6.01 Å². The number of ether oxygens (including phenoxy) is 2. The zero-order valence-electron chi connectivity index (χ0n) is 14.2. The van der Waals surface area contributed by atoms with Gasteiger partial charge in [0.15, 0.2) is 0 Å². The first-order chi connectivity index (χ1) is 12.7. The highest BCUT2D eigenvalue weighted by Crippen LogP contribution is 2.21. The highest BCUT2D eigenvalue weighted by Gasteiger charge is 2.26. The molecule has 1 atom stereocenters. The molecule has 1 saturated heterocycles. The molecule has 0 radical (unpaired) electrons. The van der Waals surface area contributed by atoms with E-state index in [1.807, 2.05) is 11.0 Å². The van der Waals surface area contributed by atoms with E-state index in [0.717, 1.165) is 35.6 Å². The molecule has 1 amide bonds. The Morgan fingerprint density at radius 1 is 1.27 bits per heavy atom. The third-order valence-corrected chi connectivity index (χ3v) is 4.80. The standard InChI is InChI=1S/C17H17N5O3S/c1-24-17-18-7-6-15(19-17)25-12-3-2-8-22(10-12)16(23)11-4-5-13-14(9-11)21-26-20-13/h4-7,9,12H,2-3,8,10H2,1H3. The van der Waals surface area contributed by atoms with Crippen LogP contribution in [0.15, 0.2) is 30.5 Å². The molecule has 4 rings (SSSR count). The van der Waals surface area contributed by atoms with Crippen LogP contribution in [0.3, 0.4) is 0 Å². The second-order valence-corrected chi connectivity index (χ2v) is 6.51. The minimum absolute atomic E-state index is 0.0199. The zero-order valence-corrected chi connectivity index (χ0v) is 15.0. The Morgan fingerprint density at radius 2 is 2.15 bits per heavy atom. The van der Waals surface area contributed by atoms with Crippen molar-refractivity contribution in [3.63, 3.8) is 0 Å². The lowest BCUT2D eigenvalue weighted by atomic mass is 10.1. The fourth-order valence-corrected chi connectivity index (χ4v) is 3.49. The van der Waals surface area contributed by atoms with Crippen LogP contribution in [0.4, 0.5) is 0 Å². The van der Waals surface area contributed by atoms with Crippen molar-refractivity contribution < 1.29 is 14.3 Å². The van der Waals surface area contributed by atoms with Crippen molar-refractivity contribution in [1.82, 2.24) is 23.6 Å². The highest BCUT2D eigenvalue weighted by atomic mass is 32.1. The van der Waals surface area contributed by atoms with Gasteiger partial charge in [0.1, 0.15) is 17.1 Å². The number of benzene rings is 1. The Hall–Kier alpha value is -2.81. The summed E-state index contributed by atoms with van der Waals surface area (Å²) in [4.78, 5) is 22.8. The third kappa shape index (κ3) is 3.43. The van der Waals surface area contributed by atoms with Crippen LogP contribution in [0.25, 0.3) is 11.0 Å². The zero-order chi connectivity index (χ0) is 17.9. The monoisotopic (exact) mass is 371 g/mol. The number of hydrogen-bond donors (Lipinski definition) is 0. The van der Waals surface area contributed by atoms with E-state index >= 15 is 0 Å². The minimum atomic E-state index is -0.114. The van der Waals surface area contributed by atoms with Gasteiger partial charge in [0.05, 0.1) is 25.4 Å². The van der Waals surface area contributed by atoms with Gasteiger partial charge < -0.3 is 14.4 Å². The molecule has 3 aromatic rings. The van der Waals surface area contributed by atoms with Crippen LogP contribution in [-0.2, 0) is 0 Å². The van der Waals surface area contributed by atoms with E-state index < -0.39 is 0 Å². The van der Waals surface area contributed by atoms with Gasteiger partial charge in [-0.15, -0.1) is 0 Å². The Labute approximate surface area is 154 Å². The van der Waals surface area contributed by atoms with E-state index in [4.69, 9.17) is 9.47 Å². The van der Waals surface area contributed by atoms with Crippen LogP contribution >= 0.6 is 11.7 Å². The second-order valence-electron chi connectivity index (χ2n) is 5.98. The first kappa shape index (κ1) is 16.6. The number of carbonyl (C=O) groups is 1. The van der Waals surface area contributed by atoms with Crippen molar-refractivity contribution in [3.05, 3.63) is 36.0 Å². The number of methoxy groups -OCH3 is 1. The van der Waals surface area contributed by atoms with Crippen LogP contribution in [0.5, 0.6) is 11.9 Å². The van der Waals surface area contributed by atoms with Crippen LogP contribution in [0.1, 0.15) is 23.2 Å². The van der Waals surface area contributed by atoms with Gasteiger partial charge in [-0.3, -0.25) is 4.79 Å². The molecule has 26 heavy (non-hydrogen) atoms. The molecule has 0 N–H and O–H groups in total. The summed E-state index contributed by atoms with van der Waals surface area (Å²) in [6.45, 7) is 1.22. The van der Waals surface area contributed by atoms with E-state index in [1.165, 1.54) is 7.11 Å². The normalized spacial score (nSPS) is 17.3. The molecule has 2 aromatic heterocycles. The summed E-state index contributed by atoms with van der Waals surface area (Å²) in [6.07, 6.45) is 3.21. The predicted molar refractivity (Wildman–Crippen MR) is 95.6 cm³/mol. The lowest BCUT2D eigenvalue weighted by molar-refractivity contribution is 0.0526. The fourth-order valence-electron chi connectivity index (χ4n) is 2.98. The molecule has 0 saturated carbocycles. The van der Waals surface area contributed by atoms with Crippen molar-refractivity contribution in [1.29, 1.82) is 0 Å². The summed E-state index contributed by atoms with van der Waals surface area (Å²) in [5, 5.41) is 0. The molecule has 0 aliphatic carbocycles. The van der Waals surface area contributed by atoms with E-state index in [1.54, 1.807) is 24.4 Å². The number of fused-ring (bicyclic) bond motifs is 1. The Balaban J connectivity index is 1.46. The number of aromatic nitrogens is 4. The molecule has 1 fully saturated rings. The van der Waals surface area contributed by atoms with Gasteiger partial charge in [-0.05, 0) is 31.0 Å². The maximum atomic E-state index is 12.8. The molecule has 0 bridgehead atoms. The van der Waals surface area contributed by atoms with E-state index in [0.29, 0.717) is 24.5 Å². The molecule has 8 nitrogen and oxygen atoms in total. The number of hydrogen-bond acceptors (Lipinski definition) is 8. The molecule has 1 unspecified atom stereocenters. The van der Waals surface area contributed by atoms with Gasteiger partial charge in [0.25, 0.3) is 5.91 Å². The summed E-state index contributed by atoms with van der Waals surface area (Å²) < 4.78 is 19.3. The largest absolute Gasteiger partial charge is 0.472 e. The second kappa shape index (κ2) is 7.20. The summed E-state index contributed by atoms with van der Waals surface area (Å²) in [5.41, 5.74) is 2.18. The van der Waals surface area contributed by atoms with Crippen molar-refractivity contribution in [2.45, 2.75) is 18.9 Å². The summed E-state index contributed by atoms with van der Waals surface area (Å²) in [5.74, 6) is 0.430. The quantitative estimate of drug-likeness (QED) is 0.694. The van der Waals surface area contributed by atoms with Crippen LogP contribution in [-0.4, -0.2) is 55.8 Å². The van der Waals surface area contributed by atoms with Gasteiger partial charge in [-0.25, -0.2) is 4.98 Å². The highest BCUT2D eigenvalue weighted by molar-refractivity contribution is 7.00. The number of piperidine rings is 1. The molecular weight excluding hydrogens is 354 g/mol. The Kier molecular flexibility index (Phi) is 4.61. The van der Waals surface area contributed by atoms with Gasteiger partial charge in [0, 0.05) is 24.4 Å². The smallest absolute Gasteiger partial charge is 0.319 e. The maximum Gasteiger partial charge on any atom is 0.319 e. The Bertz CT molecular complexity index is 931. The number of likely N-dealkylation sites (tertiary alicyclic amines) is 1. The average molecular weight is 371 g/mol. The van der Waals surface area contributed by atoms with Crippen molar-refractivity contribution in [2.24, 2.45) is 0 Å².